The molecule has 1 saturated heterocycles. The highest BCUT2D eigenvalue weighted by Crippen LogP contribution is 2.21. The van der Waals surface area contributed by atoms with E-state index in [0.29, 0.717) is 12.1 Å². The molecule has 0 bridgehead atoms. The van der Waals surface area contributed by atoms with Gasteiger partial charge in [0.05, 0.1) is 6.54 Å². The van der Waals surface area contributed by atoms with Gasteiger partial charge in [-0.05, 0) is 37.5 Å². The predicted octanol–water partition coefficient (Wildman–Crippen LogP) is 2.34. The first-order chi connectivity index (χ1) is 13.5. The van der Waals surface area contributed by atoms with Gasteiger partial charge in [0, 0.05) is 57.3 Å². The predicted molar refractivity (Wildman–Crippen MR) is 112 cm³/mol. The van der Waals surface area contributed by atoms with E-state index in [9.17, 15) is 9.59 Å². The van der Waals surface area contributed by atoms with Crippen LogP contribution < -0.4 is 5.63 Å². The lowest BCUT2D eigenvalue weighted by molar-refractivity contribution is -0.132. The Morgan fingerprint density at radius 3 is 2.36 bits per heavy atom. The molecule has 3 rings (SSSR count). The van der Waals surface area contributed by atoms with Gasteiger partial charge in [-0.15, -0.1) is 0 Å². The fourth-order valence-corrected chi connectivity index (χ4v) is 3.84. The molecule has 0 N–H and O–H groups in total. The number of hydrogen-bond donors (Lipinski definition) is 0. The summed E-state index contributed by atoms with van der Waals surface area (Å²) in [5, 5.41) is 1.01. The van der Waals surface area contributed by atoms with Crippen molar-refractivity contribution in [2.75, 3.05) is 45.8 Å². The van der Waals surface area contributed by atoms with E-state index in [4.69, 9.17) is 4.42 Å². The van der Waals surface area contributed by atoms with Crippen LogP contribution in [-0.4, -0.2) is 66.4 Å². The minimum absolute atomic E-state index is 0.205. The molecule has 0 spiro atoms. The van der Waals surface area contributed by atoms with Crippen LogP contribution in [0.5, 0.6) is 0 Å². The molecule has 1 aliphatic rings. The molecule has 1 aliphatic heterocycles. The average Bonchev–Trinajstić information content (AvgIpc) is 2.69. The number of aryl methyl sites for hydroxylation is 1. The van der Waals surface area contributed by atoms with Gasteiger partial charge in [-0.1, -0.05) is 19.1 Å². The molecule has 0 aliphatic carbocycles. The van der Waals surface area contributed by atoms with Crippen LogP contribution >= 0.6 is 0 Å². The lowest BCUT2D eigenvalue weighted by Crippen LogP contribution is -2.49. The molecule has 152 valence electrons. The maximum absolute atomic E-state index is 12.3. The first-order valence-electron chi connectivity index (χ1n) is 10.3. The van der Waals surface area contributed by atoms with E-state index in [1.54, 1.807) is 6.07 Å². The smallest absolute Gasteiger partial charge is 0.336 e. The van der Waals surface area contributed by atoms with Crippen LogP contribution in [0, 0.1) is 0 Å². The van der Waals surface area contributed by atoms with Crippen LogP contribution in [0.15, 0.2) is 33.5 Å². The second-order valence-corrected chi connectivity index (χ2v) is 7.39. The lowest BCUT2D eigenvalue weighted by atomic mass is 10.1. The molecular weight excluding hydrogens is 354 g/mol. The monoisotopic (exact) mass is 385 g/mol. The van der Waals surface area contributed by atoms with Crippen LogP contribution in [0.25, 0.3) is 11.0 Å². The van der Waals surface area contributed by atoms with Crippen molar-refractivity contribution in [2.24, 2.45) is 0 Å². The second-order valence-electron chi connectivity index (χ2n) is 7.39. The minimum atomic E-state index is -0.292. The van der Waals surface area contributed by atoms with Gasteiger partial charge in [-0.2, -0.15) is 0 Å². The molecule has 6 heteroatoms. The molecule has 1 fully saturated rings. The first-order valence-corrected chi connectivity index (χ1v) is 10.3. The number of carbonyl (C=O) groups is 1. The van der Waals surface area contributed by atoms with Gasteiger partial charge < -0.3 is 9.32 Å². The van der Waals surface area contributed by atoms with E-state index < -0.39 is 0 Å². The van der Waals surface area contributed by atoms with E-state index in [1.807, 2.05) is 24.8 Å². The zero-order chi connectivity index (χ0) is 20.1. The fraction of sp³-hybridized carbons (Fsp3) is 0.545. The summed E-state index contributed by atoms with van der Waals surface area (Å²) in [5.41, 5.74) is 2.56. The Morgan fingerprint density at radius 2 is 1.71 bits per heavy atom. The van der Waals surface area contributed by atoms with Gasteiger partial charge >= 0.3 is 5.63 Å². The average molecular weight is 386 g/mol. The van der Waals surface area contributed by atoms with Crippen molar-refractivity contribution in [2.45, 2.75) is 33.7 Å². The quantitative estimate of drug-likeness (QED) is 0.685. The number of benzene rings is 1. The van der Waals surface area contributed by atoms with Crippen LogP contribution in [0.4, 0.5) is 0 Å². The molecular formula is C22H31N3O3. The molecule has 1 aromatic carbocycles. The van der Waals surface area contributed by atoms with Crippen LogP contribution in [-0.2, 0) is 17.8 Å². The summed E-state index contributed by atoms with van der Waals surface area (Å²) in [4.78, 5) is 30.8. The second kappa shape index (κ2) is 9.34. The number of likely N-dealkylation sites (N-methyl/N-ethyl adjacent to an activating group) is 1. The molecule has 1 amide bonds. The van der Waals surface area contributed by atoms with Crippen molar-refractivity contribution in [3.05, 3.63) is 45.8 Å². The van der Waals surface area contributed by atoms with E-state index in [-0.39, 0.29) is 11.5 Å². The van der Waals surface area contributed by atoms with Gasteiger partial charge in [0.1, 0.15) is 5.58 Å². The molecule has 0 unspecified atom stereocenters. The molecule has 0 saturated carbocycles. The number of piperazine rings is 1. The highest BCUT2D eigenvalue weighted by molar-refractivity contribution is 5.81. The molecule has 0 atom stereocenters. The van der Waals surface area contributed by atoms with E-state index >= 15 is 0 Å². The summed E-state index contributed by atoms with van der Waals surface area (Å²) < 4.78 is 5.41. The maximum Gasteiger partial charge on any atom is 0.336 e. The third kappa shape index (κ3) is 4.80. The molecule has 28 heavy (non-hydrogen) atoms. The SMILES string of the molecule is CCc1ccc2c(CN3CCN(CC(=O)N(CC)CC)CC3)cc(=O)oc2c1. The van der Waals surface area contributed by atoms with Crippen LogP contribution in [0.3, 0.4) is 0 Å². The fourth-order valence-electron chi connectivity index (χ4n) is 3.84. The van der Waals surface area contributed by atoms with E-state index in [0.717, 1.165) is 63.2 Å². The zero-order valence-electron chi connectivity index (χ0n) is 17.2. The Hall–Kier alpha value is -2.18. The Bertz CT molecular complexity index is 865. The number of carbonyl (C=O) groups excluding carboxylic acids is 1. The zero-order valence-corrected chi connectivity index (χ0v) is 17.2. The Balaban J connectivity index is 1.63. The standard InChI is InChI=1S/C22H31N3O3/c1-4-17-7-8-19-18(14-22(27)28-20(19)13-17)15-23-9-11-24(12-10-23)16-21(26)25(5-2)6-3/h7-8,13-14H,4-6,9-12,15-16H2,1-3H3. The largest absolute Gasteiger partial charge is 0.423 e. The summed E-state index contributed by atoms with van der Waals surface area (Å²) in [7, 11) is 0. The Morgan fingerprint density at radius 1 is 1.04 bits per heavy atom. The van der Waals surface area contributed by atoms with Gasteiger partial charge in [-0.3, -0.25) is 14.6 Å². The molecule has 6 nitrogen and oxygen atoms in total. The first kappa shape index (κ1) is 20.6. The van der Waals surface area contributed by atoms with Crippen LogP contribution in [0.1, 0.15) is 31.9 Å². The number of hydrogen-bond acceptors (Lipinski definition) is 5. The normalized spacial score (nSPS) is 15.8. The highest BCUT2D eigenvalue weighted by Gasteiger charge is 2.21. The summed E-state index contributed by atoms with van der Waals surface area (Å²) in [5.74, 6) is 0.205. The lowest BCUT2D eigenvalue weighted by Gasteiger charge is -2.35. The number of fused-ring (bicyclic) bond motifs is 1. The van der Waals surface area contributed by atoms with E-state index in [2.05, 4.69) is 28.9 Å². The molecule has 1 aromatic heterocycles. The Labute approximate surface area is 166 Å². The summed E-state index contributed by atoms with van der Waals surface area (Å²) in [6.45, 7) is 12.4. The highest BCUT2D eigenvalue weighted by atomic mass is 16.4. The van der Waals surface area contributed by atoms with Crippen molar-refractivity contribution >= 4 is 16.9 Å². The summed E-state index contributed by atoms with van der Waals surface area (Å²) >= 11 is 0. The van der Waals surface area contributed by atoms with Crippen molar-refractivity contribution < 1.29 is 9.21 Å². The third-order valence-electron chi connectivity index (χ3n) is 5.64. The van der Waals surface area contributed by atoms with Crippen LogP contribution in [0.2, 0.25) is 0 Å². The maximum atomic E-state index is 12.3. The van der Waals surface area contributed by atoms with Crippen molar-refractivity contribution in [1.29, 1.82) is 0 Å². The summed E-state index contributed by atoms with van der Waals surface area (Å²) in [6, 6.07) is 7.75. The van der Waals surface area contributed by atoms with Gasteiger partial charge in [-0.25, -0.2) is 4.79 Å². The van der Waals surface area contributed by atoms with Gasteiger partial charge in [0.15, 0.2) is 0 Å². The van der Waals surface area contributed by atoms with Gasteiger partial charge in [0.2, 0.25) is 5.91 Å². The molecule has 2 aromatic rings. The van der Waals surface area contributed by atoms with Gasteiger partial charge in [0.25, 0.3) is 0 Å². The number of rotatable bonds is 7. The number of nitrogens with zero attached hydrogens (tertiary/aromatic N) is 3. The van der Waals surface area contributed by atoms with Crippen molar-refractivity contribution in [1.82, 2.24) is 14.7 Å². The third-order valence-corrected chi connectivity index (χ3v) is 5.64. The van der Waals surface area contributed by atoms with E-state index in [1.165, 1.54) is 5.56 Å². The van der Waals surface area contributed by atoms with Crippen molar-refractivity contribution in [3.8, 4) is 0 Å². The molecule has 0 radical (unpaired) electrons. The molecule has 2 heterocycles. The summed E-state index contributed by atoms with van der Waals surface area (Å²) in [6.07, 6.45) is 0.915. The number of amides is 1. The van der Waals surface area contributed by atoms with Crippen molar-refractivity contribution in [3.63, 3.8) is 0 Å². The Kier molecular flexibility index (Phi) is 6.86. The minimum Gasteiger partial charge on any atom is -0.423 e. The topological polar surface area (TPSA) is 57.0 Å².